The topological polar surface area (TPSA) is 55.6 Å². The minimum absolute atomic E-state index is 0.172. The van der Waals surface area contributed by atoms with Gasteiger partial charge in [0.1, 0.15) is 12.2 Å². The molecule has 5 nitrogen and oxygen atoms in total. The molecule has 0 aliphatic carbocycles. The lowest BCUT2D eigenvalue weighted by molar-refractivity contribution is 0.540. The van der Waals surface area contributed by atoms with Crippen molar-refractivity contribution in [3.63, 3.8) is 0 Å². The molecule has 0 radical (unpaired) electrons. The van der Waals surface area contributed by atoms with Crippen LogP contribution in [0.5, 0.6) is 0 Å². The Morgan fingerprint density at radius 3 is 2.88 bits per heavy atom. The van der Waals surface area contributed by atoms with Crippen LogP contribution in [0.1, 0.15) is 24.5 Å². The molecule has 0 aliphatic heterocycles. The van der Waals surface area contributed by atoms with Crippen LogP contribution in [-0.4, -0.2) is 26.6 Å². The number of aromatic nitrogens is 4. The van der Waals surface area contributed by atoms with E-state index in [-0.39, 0.29) is 6.04 Å². The van der Waals surface area contributed by atoms with E-state index in [2.05, 4.69) is 31.8 Å². The van der Waals surface area contributed by atoms with Crippen LogP contribution < -0.4 is 5.32 Å². The lowest BCUT2D eigenvalue weighted by Crippen LogP contribution is -2.21. The summed E-state index contributed by atoms with van der Waals surface area (Å²) in [4.78, 5) is 12.6. The summed E-state index contributed by atoms with van der Waals surface area (Å²) in [7, 11) is 1.94. The molecule has 0 aliphatic rings. The van der Waals surface area contributed by atoms with E-state index in [0.717, 1.165) is 24.5 Å². The van der Waals surface area contributed by atoms with Crippen LogP contribution in [0.3, 0.4) is 0 Å². The molecule has 1 unspecified atom stereocenters. The first-order chi connectivity index (χ1) is 8.35. The number of hydrogen-bond donors (Lipinski definition) is 1. The fraction of sp³-hybridized carbons (Fsp3) is 0.417. The molecule has 0 saturated heterocycles. The van der Waals surface area contributed by atoms with Crippen molar-refractivity contribution < 1.29 is 0 Å². The average Bonchev–Trinajstić information content (AvgIpc) is 2.84. The summed E-state index contributed by atoms with van der Waals surface area (Å²) in [5.74, 6) is 1.07. The molecule has 1 atom stereocenters. The van der Waals surface area contributed by atoms with Crippen LogP contribution in [0.4, 0.5) is 0 Å². The van der Waals surface area contributed by atoms with E-state index in [9.17, 15) is 0 Å². The monoisotopic (exact) mass is 231 g/mol. The van der Waals surface area contributed by atoms with Gasteiger partial charge in [0.15, 0.2) is 0 Å². The molecular formula is C12H17N5. The summed E-state index contributed by atoms with van der Waals surface area (Å²) in [6.45, 7) is 3.06. The Kier molecular flexibility index (Phi) is 3.82. The van der Waals surface area contributed by atoms with Gasteiger partial charge in [-0.3, -0.25) is 0 Å². The number of hydrogen-bond acceptors (Lipinski definition) is 4. The first kappa shape index (κ1) is 11.7. The van der Waals surface area contributed by atoms with Crippen molar-refractivity contribution in [2.45, 2.75) is 25.9 Å². The van der Waals surface area contributed by atoms with Crippen molar-refractivity contribution in [1.29, 1.82) is 0 Å². The third kappa shape index (κ3) is 2.68. The number of imidazole rings is 1. The highest BCUT2D eigenvalue weighted by Gasteiger charge is 2.14. The van der Waals surface area contributed by atoms with Crippen LogP contribution in [0.15, 0.2) is 31.0 Å². The van der Waals surface area contributed by atoms with Crippen molar-refractivity contribution in [1.82, 2.24) is 24.8 Å². The number of nitrogens with one attached hydrogen (secondary N) is 1. The predicted octanol–water partition coefficient (Wildman–Crippen LogP) is 1.20. The standard InChI is InChI=1S/C12H17N5/c1-3-17-7-6-15-12(17)8-11(13-2)10-4-5-14-9-16-10/h4-7,9,11,13H,3,8H2,1-2H3. The third-order valence-electron chi connectivity index (χ3n) is 2.84. The normalized spacial score (nSPS) is 12.6. The Hall–Kier alpha value is -1.75. The Morgan fingerprint density at radius 1 is 1.35 bits per heavy atom. The molecule has 5 heteroatoms. The van der Waals surface area contributed by atoms with E-state index >= 15 is 0 Å². The van der Waals surface area contributed by atoms with Crippen molar-refractivity contribution >= 4 is 0 Å². The summed E-state index contributed by atoms with van der Waals surface area (Å²) in [6, 6.07) is 2.10. The molecule has 2 rings (SSSR count). The van der Waals surface area contributed by atoms with Crippen LogP contribution in [0.2, 0.25) is 0 Å². The zero-order valence-corrected chi connectivity index (χ0v) is 10.2. The second-order valence-electron chi connectivity index (χ2n) is 3.81. The van der Waals surface area contributed by atoms with Gasteiger partial charge in [-0.15, -0.1) is 0 Å². The van der Waals surface area contributed by atoms with Gasteiger partial charge in [-0.2, -0.15) is 0 Å². The molecule has 0 amide bonds. The zero-order valence-electron chi connectivity index (χ0n) is 10.2. The summed E-state index contributed by atoms with van der Waals surface area (Å²) >= 11 is 0. The van der Waals surface area contributed by atoms with Gasteiger partial charge in [-0.1, -0.05) is 0 Å². The lowest BCUT2D eigenvalue weighted by Gasteiger charge is -2.15. The van der Waals surface area contributed by atoms with E-state index in [1.54, 1.807) is 12.5 Å². The van der Waals surface area contributed by atoms with Gasteiger partial charge in [-0.25, -0.2) is 15.0 Å². The Balaban J connectivity index is 2.16. The molecule has 2 aromatic rings. The Morgan fingerprint density at radius 2 is 2.24 bits per heavy atom. The molecular weight excluding hydrogens is 214 g/mol. The highest BCUT2D eigenvalue weighted by molar-refractivity contribution is 5.08. The lowest BCUT2D eigenvalue weighted by atomic mass is 10.1. The van der Waals surface area contributed by atoms with Crippen molar-refractivity contribution in [2.24, 2.45) is 0 Å². The van der Waals surface area contributed by atoms with Crippen LogP contribution >= 0.6 is 0 Å². The summed E-state index contributed by atoms with van der Waals surface area (Å²) in [5, 5.41) is 3.26. The van der Waals surface area contributed by atoms with E-state index in [1.165, 1.54) is 0 Å². The summed E-state index contributed by atoms with van der Waals surface area (Å²) in [5.41, 5.74) is 0.994. The third-order valence-corrected chi connectivity index (χ3v) is 2.84. The second-order valence-corrected chi connectivity index (χ2v) is 3.81. The Labute approximate surface area is 101 Å². The van der Waals surface area contributed by atoms with Crippen LogP contribution in [0.25, 0.3) is 0 Å². The van der Waals surface area contributed by atoms with Crippen molar-refractivity contribution in [3.8, 4) is 0 Å². The van der Waals surface area contributed by atoms with E-state index in [1.807, 2.05) is 25.5 Å². The van der Waals surface area contributed by atoms with Crippen LogP contribution in [-0.2, 0) is 13.0 Å². The maximum absolute atomic E-state index is 4.38. The maximum atomic E-state index is 4.38. The average molecular weight is 231 g/mol. The molecule has 0 aromatic carbocycles. The van der Waals surface area contributed by atoms with Gasteiger partial charge in [0.2, 0.25) is 0 Å². The molecule has 0 fully saturated rings. The van der Waals surface area contributed by atoms with Crippen LogP contribution in [0, 0.1) is 0 Å². The molecule has 1 N–H and O–H groups in total. The molecule has 0 saturated carbocycles. The fourth-order valence-corrected chi connectivity index (χ4v) is 1.86. The quantitative estimate of drug-likeness (QED) is 0.840. The van der Waals surface area contributed by atoms with Gasteiger partial charge in [0.25, 0.3) is 0 Å². The number of nitrogens with zero attached hydrogens (tertiary/aromatic N) is 4. The molecule has 2 aromatic heterocycles. The minimum Gasteiger partial charge on any atom is -0.335 e. The summed E-state index contributed by atoms with van der Waals surface area (Å²) < 4.78 is 2.14. The van der Waals surface area contributed by atoms with Gasteiger partial charge in [0.05, 0.1) is 11.7 Å². The van der Waals surface area contributed by atoms with E-state index in [0.29, 0.717) is 0 Å². The first-order valence-electron chi connectivity index (χ1n) is 5.78. The van der Waals surface area contributed by atoms with E-state index < -0.39 is 0 Å². The zero-order chi connectivity index (χ0) is 12.1. The van der Waals surface area contributed by atoms with Gasteiger partial charge in [-0.05, 0) is 20.0 Å². The largest absolute Gasteiger partial charge is 0.335 e. The molecule has 90 valence electrons. The number of aryl methyl sites for hydroxylation is 1. The number of rotatable bonds is 5. The maximum Gasteiger partial charge on any atom is 0.115 e. The highest BCUT2D eigenvalue weighted by Crippen LogP contribution is 2.14. The fourth-order valence-electron chi connectivity index (χ4n) is 1.86. The van der Waals surface area contributed by atoms with Crippen molar-refractivity contribution in [3.05, 3.63) is 42.5 Å². The van der Waals surface area contributed by atoms with Crippen molar-refractivity contribution in [2.75, 3.05) is 7.05 Å². The summed E-state index contributed by atoms with van der Waals surface area (Å²) in [6.07, 6.45) is 8.01. The Bertz CT molecular complexity index is 451. The molecule has 2 heterocycles. The predicted molar refractivity (Wildman–Crippen MR) is 65.4 cm³/mol. The second kappa shape index (κ2) is 5.54. The van der Waals surface area contributed by atoms with Gasteiger partial charge < -0.3 is 9.88 Å². The highest BCUT2D eigenvalue weighted by atomic mass is 15.1. The molecule has 17 heavy (non-hydrogen) atoms. The molecule has 0 spiro atoms. The minimum atomic E-state index is 0.172. The molecule has 0 bridgehead atoms. The van der Waals surface area contributed by atoms with Gasteiger partial charge >= 0.3 is 0 Å². The first-order valence-corrected chi connectivity index (χ1v) is 5.78. The SMILES string of the molecule is CCn1ccnc1CC(NC)c1ccncn1. The van der Waals surface area contributed by atoms with Gasteiger partial charge in [0, 0.05) is 31.6 Å². The van der Waals surface area contributed by atoms with E-state index in [4.69, 9.17) is 0 Å². The smallest absolute Gasteiger partial charge is 0.115 e. The number of likely N-dealkylation sites (N-methyl/N-ethyl adjacent to an activating group) is 1.